The van der Waals surface area contributed by atoms with Gasteiger partial charge in [-0.3, -0.25) is 9.59 Å². The minimum absolute atomic E-state index is 0.0143. The monoisotopic (exact) mass is 492 g/mol. The van der Waals surface area contributed by atoms with Crippen LogP contribution in [0.5, 0.6) is 0 Å². The summed E-state index contributed by atoms with van der Waals surface area (Å²) in [5.74, 6) is -0.207. The fourth-order valence-corrected chi connectivity index (χ4v) is 3.86. The quantitative estimate of drug-likeness (QED) is 0.448. The summed E-state index contributed by atoms with van der Waals surface area (Å²) in [6.45, 7) is 4.23. The zero-order valence-corrected chi connectivity index (χ0v) is 20.1. The Kier molecular flexibility index (Phi) is 8.63. The highest BCUT2D eigenvalue weighted by Crippen LogP contribution is 2.18. The number of nitrogens with zero attached hydrogens (tertiary/aromatic N) is 1. The molecule has 166 valence electrons. The van der Waals surface area contributed by atoms with Crippen LogP contribution in [0.25, 0.3) is 0 Å². The van der Waals surface area contributed by atoms with Crippen molar-refractivity contribution in [2.45, 2.75) is 45.3 Å². The highest BCUT2D eigenvalue weighted by atomic mass is 79.9. The molecule has 0 aliphatic heterocycles. The number of hydrogen-bond donors (Lipinski definition) is 1. The van der Waals surface area contributed by atoms with E-state index in [2.05, 4.69) is 21.2 Å². The van der Waals surface area contributed by atoms with Crippen LogP contribution in [0.2, 0.25) is 0 Å². The number of nitrogens with one attached hydrogen (secondary N) is 1. The van der Waals surface area contributed by atoms with Crippen molar-refractivity contribution in [3.8, 4) is 0 Å². The molecular weight excluding hydrogens is 464 g/mol. The van der Waals surface area contributed by atoms with Crippen LogP contribution >= 0.6 is 15.9 Å². The molecule has 0 spiro atoms. The first-order valence-electron chi connectivity index (χ1n) is 10.8. The van der Waals surface area contributed by atoms with Crippen molar-refractivity contribution in [3.05, 3.63) is 106 Å². The first-order chi connectivity index (χ1) is 15.4. The molecule has 0 heterocycles. The Morgan fingerprint density at radius 3 is 1.94 bits per heavy atom. The second kappa shape index (κ2) is 11.6. The van der Waals surface area contributed by atoms with Crippen LogP contribution in [0.3, 0.4) is 0 Å². The molecule has 3 aromatic rings. The zero-order chi connectivity index (χ0) is 22.9. The molecule has 0 radical (unpaired) electrons. The summed E-state index contributed by atoms with van der Waals surface area (Å²) in [7, 11) is 0. The van der Waals surface area contributed by atoms with E-state index in [1.165, 1.54) is 0 Å². The molecule has 3 aromatic carbocycles. The van der Waals surface area contributed by atoms with Crippen molar-refractivity contribution in [2.75, 3.05) is 0 Å². The number of amides is 2. The Balaban J connectivity index is 1.94. The molecule has 1 N–H and O–H groups in total. The maximum absolute atomic E-state index is 13.5. The molecule has 1 atom stereocenters. The fraction of sp³-hybridized carbons (Fsp3) is 0.259. The SMILES string of the molecule is CC(C)NC(=O)[C@H](Cc1ccccc1)N(Cc1ccc(Br)cc1)C(=O)Cc1ccccc1. The van der Waals surface area contributed by atoms with Crippen LogP contribution in [-0.4, -0.2) is 28.8 Å². The summed E-state index contributed by atoms with van der Waals surface area (Å²) in [6, 6.07) is 26.8. The van der Waals surface area contributed by atoms with Gasteiger partial charge in [-0.2, -0.15) is 0 Å². The van der Waals surface area contributed by atoms with Crippen LogP contribution in [0, 0.1) is 0 Å². The molecule has 0 unspecified atom stereocenters. The minimum Gasteiger partial charge on any atom is -0.352 e. The normalized spacial score (nSPS) is 11.8. The highest BCUT2D eigenvalue weighted by molar-refractivity contribution is 9.10. The topological polar surface area (TPSA) is 49.4 Å². The van der Waals surface area contributed by atoms with Crippen LogP contribution in [0.15, 0.2) is 89.4 Å². The number of carbonyl (C=O) groups excluding carboxylic acids is 2. The molecule has 0 fully saturated rings. The number of benzene rings is 3. The fourth-order valence-electron chi connectivity index (χ4n) is 3.59. The van der Waals surface area contributed by atoms with E-state index >= 15 is 0 Å². The third-order valence-corrected chi connectivity index (χ3v) is 5.70. The highest BCUT2D eigenvalue weighted by Gasteiger charge is 2.30. The lowest BCUT2D eigenvalue weighted by Gasteiger charge is -2.32. The third-order valence-electron chi connectivity index (χ3n) is 5.17. The van der Waals surface area contributed by atoms with Gasteiger partial charge in [-0.25, -0.2) is 0 Å². The van der Waals surface area contributed by atoms with Gasteiger partial charge in [0, 0.05) is 23.5 Å². The molecule has 0 saturated heterocycles. The maximum atomic E-state index is 13.5. The van der Waals surface area contributed by atoms with Gasteiger partial charge in [0.15, 0.2) is 0 Å². The van der Waals surface area contributed by atoms with Crippen molar-refractivity contribution in [1.82, 2.24) is 10.2 Å². The summed E-state index contributed by atoms with van der Waals surface area (Å²) >= 11 is 3.46. The van der Waals surface area contributed by atoms with Crippen LogP contribution in [0.4, 0.5) is 0 Å². The van der Waals surface area contributed by atoms with Crippen LogP contribution < -0.4 is 5.32 Å². The van der Waals surface area contributed by atoms with Crippen LogP contribution in [-0.2, 0) is 29.0 Å². The zero-order valence-electron chi connectivity index (χ0n) is 18.5. The molecular formula is C27H29BrN2O2. The predicted octanol–water partition coefficient (Wildman–Crippen LogP) is 5.16. The molecule has 3 rings (SSSR count). The lowest BCUT2D eigenvalue weighted by atomic mass is 10.0. The Morgan fingerprint density at radius 1 is 0.812 bits per heavy atom. The third kappa shape index (κ3) is 7.06. The second-order valence-electron chi connectivity index (χ2n) is 8.18. The first kappa shape index (κ1) is 23.7. The molecule has 0 saturated carbocycles. The van der Waals surface area contributed by atoms with Gasteiger partial charge >= 0.3 is 0 Å². The largest absolute Gasteiger partial charge is 0.352 e. The Bertz CT molecular complexity index is 1000. The van der Waals surface area contributed by atoms with E-state index < -0.39 is 6.04 Å². The molecule has 2 amide bonds. The number of hydrogen-bond acceptors (Lipinski definition) is 2. The van der Waals surface area contributed by atoms with Gasteiger partial charge in [0.25, 0.3) is 0 Å². The lowest BCUT2D eigenvalue weighted by molar-refractivity contribution is -0.141. The Morgan fingerprint density at radius 2 is 1.38 bits per heavy atom. The van der Waals surface area contributed by atoms with Crippen LogP contribution in [0.1, 0.15) is 30.5 Å². The van der Waals surface area contributed by atoms with Gasteiger partial charge in [-0.05, 0) is 42.7 Å². The number of rotatable bonds is 9. The van der Waals surface area contributed by atoms with Crippen molar-refractivity contribution in [2.24, 2.45) is 0 Å². The molecule has 5 heteroatoms. The van der Waals surface area contributed by atoms with Gasteiger partial charge in [0.05, 0.1) is 6.42 Å². The molecule has 4 nitrogen and oxygen atoms in total. The lowest BCUT2D eigenvalue weighted by Crippen LogP contribution is -2.52. The van der Waals surface area contributed by atoms with E-state index in [0.717, 1.165) is 21.2 Å². The Hall–Kier alpha value is -2.92. The summed E-state index contributed by atoms with van der Waals surface area (Å²) in [5.41, 5.74) is 2.93. The molecule has 32 heavy (non-hydrogen) atoms. The molecule has 0 aromatic heterocycles. The van der Waals surface area contributed by atoms with E-state index in [4.69, 9.17) is 0 Å². The number of halogens is 1. The molecule has 0 bridgehead atoms. The average molecular weight is 493 g/mol. The van der Waals surface area contributed by atoms with E-state index in [0.29, 0.717) is 13.0 Å². The molecule has 0 aliphatic carbocycles. The summed E-state index contributed by atoms with van der Waals surface area (Å²) in [4.78, 5) is 28.6. The van der Waals surface area contributed by atoms with Crippen molar-refractivity contribution < 1.29 is 9.59 Å². The smallest absolute Gasteiger partial charge is 0.243 e. The van der Waals surface area contributed by atoms with Gasteiger partial charge in [0.2, 0.25) is 11.8 Å². The van der Waals surface area contributed by atoms with Gasteiger partial charge in [0.1, 0.15) is 6.04 Å². The minimum atomic E-state index is -0.611. The van der Waals surface area contributed by atoms with Gasteiger partial charge in [-0.15, -0.1) is 0 Å². The van der Waals surface area contributed by atoms with Gasteiger partial charge < -0.3 is 10.2 Å². The van der Waals surface area contributed by atoms with E-state index in [1.54, 1.807) is 4.90 Å². The predicted molar refractivity (Wildman–Crippen MR) is 132 cm³/mol. The number of carbonyl (C=O) groups is 2. The molecule has 0 aliphatic rings. The summed E-state index contributed by atoms with van der Waals surface area (Å²) < 4.78 is 0.974. The maximum Gasteiger partial charge on any atom is 0.243 e. The summed E-state index contributed by atoms with van der Waals surface area (Å²) in [6.07, 6.45) is 0.702. The second-order valence-corrected chi connectivity index (χ2v) is 9.09. The average Bonchev–Trinajstić information content (AvgIpc) is 2.78. The van der Waals surface area contributed by atoms with E-state index in [-0.39, 0.29) is 24.3 Å². The van der Waals surface area contributed by atoms with Crippen molar-refractivity contribution in [1.29, 1.82) is 0 Å². The Labute approximate surface area is 198 Å². The van der Waals surface area contributed by atoms with Crippen molar-refractivity contribution >= 4 is 27.7 Å². The summed E-state index contributed by atoms with van der Waals surface area (Å²) in [5, 5.41) is 3.02. The first-order valence-corrected chi connectivity index (χ1v) is 11.6. The van der Waals surface area contributed by atoms with Gasteiger partial charge in [-0.1, -0.05) is 88.7 Å². The van der Waals surface area contributed by atoms with E-state index in [9.17, 15) is 9.59 Å². The standard InChI is InChI=1S/C27H29BrN2O2/c1-20(2)29-27(32)25(17-21-9-5-3-6-10-21)30(19-23-13-15-24(28)16-14-23)26(31)18-22-11-7-4-8-12-22/h3-16,20,25H,17-19H2,1-2H3,(H,29,32)/t25-/m0/s1. The van der Waals surface area contributed by atoms with E-state index in [1.807, 2.05) is 98.8 Å². The van der Waals surface area contributed by atoms with Crippen molar-refractivity contribution in [3.63, 3.8) is 0 Å².